The van der Waals surface area contributed by atoms with E-state index < -0.39 is 0 Å². The molecule has 0 aliphatic rings. The zero-order valence-electron chi connectivity index (χ0n) is 17.6. The largest absolute Gasteiger partial charge is 0.491 e. The molecule has 2 aromatic carbocycles. The number of hydrogen-bond acceptors (Lipinski definition) is 4. The molecule has 0 bridgehead atoms. The maximum atomic E-state index is 12.2. The third-order valence-electron chi connectivity index (χ3n) is 3.96. The van der Waals surface area contributed by atoms with Gasteiger partial charge in [0.05, 0.1) is 24.8 Å². The van der Waals surface area contributed by atoms with Gasteiger partial charge in [0.2, 0.25) is 5.91 Å². The summed E-state index contributed by atoms with van der Waals surface area (Å²) in [6.07, 6.45) is 1.98. The van der Waals surface area contributed by atoms with Crippen LogP contribution in [0.25, 0.3) is 0 Å². The first-order chi connectivity index (χ1) is 13.2. The van der Waals surface area contributed by atoms with Gasteiger partial charge >= 0.3 is 0 Å². The number of amides is 1. The van der Waals surface area contributed by atoms with E-state index in [1.54, 1.807) is 6.21 Å². The molecule has 0 fully saturated rings. The average molecular weight is 383 g/mol. The Bertz CT molecular complexity index is 842. The molecule has 150 valence electrons. The van der Waals surface area contributed by atoms with Crippen LogP contribution in [0.1, 0.15) is 49.9 Å². The van der Waals surface area contributed by atoms with Crippen molar-refractivity contribution in [2.75, 3.05) is 0 Å². The highest BCUT2D eigenvalue weighted by Gasteiger charge is 2.09. The van der Waals surface area contributed by atoms with E-state index in [0.717, 1.165) is 22.4 Å². The number of ether oxygens (including phenoxy) is 2. The molecule has 0 radical (unpaired) electrons. The number of nitrogens with one attached hydrogen (secondary N) is 1. The normalized spacial score (nSPS) is 11.3. The molecule has 0 aliphatic carbocycles. The van der Waals surface area contributed by atoms with Crippen molar-refractivity contribution >= 4 is 12.1 Å². The number of carbonyl (C=O) groups excluding carboxylic acids is 1. The lowest BCUT2D eigenvalue weighted by Gasteiger charge is -2.15. The van der Waals surface area contributed by atoms with Gasteiger partial charge in [-0.25, -0.2) is 5.43 Å². The fraction of sp³-hybridized carbons (Fsp3) is 0.391. The molecule has 0 atom stereocenters. The summed E-state index contributed by atoms with van der Waals surface area (Å²) in [6, 6.07) is 11.6. The van der Waals surface area contributed by atoms with Gasteiger partial charge in [-0.2, -0.15) is 5.10 Å². The van der Waals surface area contributed by atoms with Crippen LogP contribution in [0.4, 0.5) is 0 Å². The minimum Gasteiger partial charge on any atom is -0.491 e. The summed E-state index contributed by atoms with van der Waals surface area (Å²) < 4.78 is 11.6. The Morgan fingerprint density at radius 2 is 1.75 bits per heavy atom. The molecule has 0 saturated carbocycles. The predicted octanol–water partition coefficient (Wildman–Crippen LogP) is 4.57. The molecule has 1 amide bonds. The number of rotatable bonds is 8. The average Bonchev–Trinajstić information content (AvgIpc) is 2.58. The molecule has 28 heavy (non-hydrogen) atoms. The number of carbonyl (C=O) groups is 1. The number of nitrogens with zero attached hydrogens (tertiary/aromatic N) is 1. The molecule has 0 aliphatic heterocycles. The monoisotopic (exact) mass is 382 g/mol. The Hall–Kier alpha value is -2.82. The minimum atomic E-state index is -0.158. The zero-order chi connectivity index (χ0) is 20.7. The molecule has 2 rings (SSSR count). The van der Waals surface area contributed by atoms with Gasteiger partial charge in [0.1, 0.15) is 11.5 Å². The van der Waals surface area contributed by atoms with Crippen LogP contribution in [0.5, 0.6) is 11.5 Å². The predicted molar refractivity (Wildman–Crippen MR) is 113 cm³/mol. The quantitative estimate of drug-likeness (QED) is 0.537. The lowest BCUT2D eigenvalue weighted by atomic mass is 10.0. The summed E-state index contributed by atoms with van der Waals surface area (Å²) in [5.41, 5.74) is 6.65. The summed E-state index contributed by atoms with van der Waals surface area (Å²) in [5, 5.41) is 4.10. The Kier molecular flexibility index (Phi) is 7.61. The van der Waals surface area contributed by atoms with Gasteiger partial charge < -0.3 is 9.47 Å². The fourth-order valence-corrected chi connectivity index (χ4v) is 2.75. The van der Waals surface area contributed by atoms with Gasteiger partial charge in [-0.05, 0) is 64.8 Å². The molecule has 0 aromatic heterocycles. The molecule has 5 heteroatoms. The third kappa shape index (κ3) is 6.72. The summed E-state index contributed by atoms with van der Waals surface area (Å²) in [6.45, 7) is 11.9. The van der Waals surface area contributed by atoms with Crippen LogP contribution in [0.3, 0.4) is 0 Å². The van der Waals surface area contributed by atoms with Crippen LogP contribution >= 0.6 is 0 Å². The van der Waals surface area contributed by atoms with Crippen molar-refractivity contribution in [3.63, 3.8) is 0 Å². The molecule has 0 heterocycles. The van der Waals surface area contributed by atoms with E-state index in [1.165, 1.54) is 5.56 Å². The number of benzene rings is 2. The molecule has 0 saturated heterocycles. The highest BCUT2D eigenvalue weighted by molar-refractivity contribution is 5.86. The highest BCUT2D eigenvalue weighted by Crippen LogP contribution is 2.25. The second-order valence-corrected chi connectivity index (χ2v) is 7.43. The summed E-state index contributed by atoms with van der Waals surface area (Å²) in [4.78, 5) is 12.2. The van der Waals surface area contributed by atoms with Crippen LogP contribution in [-0.4, -0.2) is 24.3 Å². The van der Waals surface area contributed by atoms with Gasteiger partial charge in [-0.15, -0.1) is 0 Å². The van der Waals surface area contributed by atoms with Crippen molar-refractivity contribution in [2.45, 2.75) is 60.2 Å². The van der Waals surface area contributed by atoms with E-state index in [4.69, 9.17) is 9.47 Å². The SMILES string of the molecule is Cc1ccc(CC(=O)N/N=C\c2ccc(OC(C)C)cc2OC(C)C)c(C)c1. The van der Waals surface area contributed by atoms with E-state index in [9.17, 15) is 4.79 Å². The minimum absolute atomic E-state index is 0.0144. The van der Waals surface area contributed by atoms with Crippen molar-refractivity contribution < 1.29 is 14.3 Å². The van der Waals surface area contributed by atoms with Gasteiger partial charge in [-0.3, -0.25) is 4.79 Å². The molecule has 0 unspecified atom stereocenters. The second kappa shape index (κ2) is 9.93. The maximum absolute atomic E-state index is 12.2. The van der Waals surface area contributed by atoms with Crippen LogP contribution in [-0.2, 0) is 11.2 Å². The first-order valence-corrected chi connectivity index (χ1v) is 9.60. The standard InChI is InChI=1S/C23H30N2O3/c1-15(2)27-21-10-9-20(22(13-21)28-16(3)4)14-24-25-23(26)12-19-8-7-17(5)11-18(19)6/h7-11,13-16H,12H2,1-6H3,(H,25,26)/b24-14-. The Balaban J connectivity index is 2.06. The lowest BCUT2D eigenvalue weighted by Crippen LogP contribution is -2.20. The van der Waals surface area contributed by atoms with Crippen molar-refractivity contribution in [1.29, 1.82) is 0 Å². The van der Waals surface area contributed by atoms with Gasteiger partial charge in [0.15, 0.2) is 0 Å². The van der Waals surface area contributed by atoms with Crippen molar-refractivity contribution in [3.8, 4) is 11.5 Å². The van der Waals surface area contributed by atoms with E-state index in [1.807, 2.05) is 71.9 Å². The van der Waals surface area contributed by atoms with Gasteiger partial charge in [0, 0.05) is 11.6 Å². The molecule has 1 N–H and O–H groups in total. The van der Waals surface area contributed by atoms with Crippen molar-refractivity contribution in [2.24, 2.45) is 5.10 Å². The van der Waals surface area contributed by atoms with Crippen LogP contribution in [0.15, 0.2) is 41.5 Å². The molecule has 0 spiro atoms. The van der Waals surface area contributed by atoms with E-state index >= 15 is 0 Å². The van der Waals surface area contributed by atoms with Crippen molar-refractivity contribution in [3.05, 3.63) is 58.7 Å². The smallest absolute Gasteiger partial charge is 0.244 e. The Labute approximate surface area is 167 Å². The summed E-state index contributed by atoms with van der Waals surface area (Å²) in [5.74, 6) is 1.25. The number of aryl methyl sites for hydroxylation is 2. The van der Waals surface area contributed by atoms with Crippen LogP contribution in [0, 0.1) is 13.8 Å². The fourth-order valence-electron chi connectivity index (χ4n) is 2.75. The Morgan fingerprint density at radius 1 is 1.04 bits per heavy atom. The van der Waals surface area contributed by atoms with E-state index in [-0.39, 0.29) is 18.1 Å². The number of hydrazone groups is 1. The molecule has 2 aromatic rings. The third-order valence-corrected chi connectivity index (χ3v) is 3.96. The summed E-state index contributed by atoms with van der Waals surface area (Å²) >= 11 is 0. The Morgan fingerprint density at radius 3 is 2.39 bits per heavy atom. The topological polar surface area (TPSA) is 59.9 Å². The van der Waals surface area contributed by atoms with Gasteiger partial charge in [0.25, 0.3) is 0 Å². The first kappa shape index (κ1) is 21.5. The summed E-state index contributed by atoms with van der Waals surface area (Å²) in [7, 11) is 0. The maximum Gasteiger partial charge on any atom is 0.244 e. The van der Waals surface area contributed by atoms with Crippen LogP contribution in [0.2, 0.25) is 0 Å². The molecular formula is C23H30N2O3. The number of hydrogen-bond donors (Lipinski definition) is 1. The molecule has 5 nitrogen and oxygen atoms in total. The van der Waals surface area contributed by atoms with E-state index in [2.05, 4.69) is 16.6 Å². The van der Waals surface area contributed by atoms with Gasteiger partial charge in [-0.1, -0.05) is 23.8 Å². The first-order valence-electron chi connectivity index (χ1n) is 9.60. The van der Waals surface area contributed by atoms with Crippen molar-refractivity contribution in [1.82, 2.24) is 5.43 Å². The second-order valence-electron chi connectivity index (χ2n) is 7.43. The molecular weight excluding hydrogens is 352 g/mol. The highest BCUT2D eigenvalue weighted by atomic mass is 16.5. The zero-order valence-corrected chi connectivity index (χ0v) is 17.6. The van der Waals surface area contributed by atoms with Crippen LogP contribution < -0.4 is 14.9 Å². The lowest BCUT2D eigenvalue weighted by molar-refractivity contribution is -0.120. The van der Waals surface area contributed by atoms with E-state index in [0.29, 0.717) is 12.2 Å².